The van der Waals surface area contributed by atoms with Crippen molar-refractivity contribution in [1.82, 2.24) is 4.98 Å². The van der Waals surface area contributed by atoms with E-state index in [4.69, 9.17) is 0 Å². The molecule has 4 rings (SSSR count). The molecule has 3 aromatic carbocycles. The zero-order valence-electron chi connectivity index (χ0n) is 15.5. The van der Waals surface area contributed by atoms with E-state index in [2.05, 4.69) is 4.98 Å². The second kappa shape index (κ2) is 7.70. The van der Waals surface area contributed by atoms with Crippen molar-refractivity contribution in [3.63, 3.8) is 0 Å². The molecule has 29 heavy (non-hydrogen) atoms. The van der Waals surface area contributed by atoms with Crippen LogP contribution in [0.2, 0.25) is 0 Å². The highest BCUT2D eigenvalue weighted by atomic mass is 31.2. The summed E-state index contributed by atoms with van der Waals surface area (Å²) >= 11 is 0. The van der Waals surface area contributed by atoms with Crippen LogP contribution in [0, 0.1) is 0 Å². The third kappa shape index (κ3) is 3.63. The molecule has 0 fully saturated rings. The van der Waals surface area contributed by atoms with E-state index in [1.54, 1.807) is 66.7 Å². The van der Waals surface area contributed by atoms with Gasteiger partial charge in [0, 0.05) is 10.9 Å². The molecule has 3 atom stereocenters. The van der Waals surface area contributed by atoms with E-state index in [1.165, 1.54) is 0 Å². The van der Waals surface area contributed by atoms with E-state index in [0.29, 0.717) is 11.1 Å². The molecular weight excluding hydrogens is 385 g/mol. The number of benzene rings is 3. The number of carboxylic acids is 1. The fraction of sp³-hybridized carbons (Fsp3) is 0.0870. The maximum absolute atomic E-state index is 13.9. The van der Waals surface area contributed by atoms with Gasteiger partial charge in [0.15, 0.2) is 0 Å². The second-order valence-corrected chi connectivity index (χ2v) is 9.23. The van der Waals surface area contributed by atoms with Crippen molar-refractivity contribution in [2.45, 2.75) is 11.6 Å². The fourth-order valence-corrected chi connectivity index (χ4v) is 5.93. The lowest BCUT2D eigenvalue weighted by atomic mass is 9.91. The molecule has 0 saturated heterocycles. The Morgan fingerprint density at radius 3 is 1.97 bits per heavy atom. The van der Waals surface area contributed by atoms with Crippen molar-refractivity contribution in [2.24, 2.45) is 0 Å². The summed E-state index contributed by atoms with van der Waals surface area (Å²) in [5, 5.41) is 10.9. The minimum absolute atomic E-state index is 0.148. The van der Waals surface area contributed by atoms with Crippen LogP contribution in [0.3, 0.4) is 0 Å². The summed E-state index contributed by atoms with van der Waals surface area (Å²) in [6, 6.07) is 26.3. The molecule has 0 bridgehead atoms. The molecule has 0 aliphatic carbocycles. The number of hydrogen-bond acceptors (Lipinski definition) is 2. The molecule has 146 valence electrons. The molecule has 0 aliphatic rings. The molecule has 6 heteroatoms. The average molecular weight is 405 g/mol. The molecule has 0 aliphatic heterocycles. The lowest BCUT2D eigenvalue weighted by molar-refractivity contribution is -0.139. The van der Waals surface area contributed by atoms with Crippen LogP contribution in [0.25, 0.3) is 10.9 Å². The summed E-state index contributed by atoms with van der Waals surface area (Å²) in [7, 11) is -4.16. The molecule has 3 N–H and O–H groups in total. The fourth-order valence-electron chi connectivity index (χ4n) is 3.75. The maximum Gasteiger partial charge on any atom is 0.312 e. The Labute approximate surface area is 168 Å². The Balaban J connectivity index is 1.92. The van der Waals surface area contributed by atoms with Gasteiger partial charge in [0.05, 0.1) is 11.6 Å². The monoisotopic (exact) mass is 405 g/mol. The summed E-state index contributed by atoms with van der Waals surface area (Å²) in [4.78, 5) is 26.7. The van der Waals surface area contributed by atoms with Crippen LogP contribution in [-0.2, 0) is 9.36 Å². The van der Waals surface area contributed by atoms with Crippen LogP contribution in [0.1, 0.15) is 22.7 Å². The number of carboxylic acid groups (broad SMARTS) is 1. The van der Waals surface area contributed by atoms with Crippen LogP contribution >= 0.6 is 7.37 Å². The van der Waals surface area contributed by atoms with Gasteiger partial charge in [-0.05, 0) is 23.3 Å². The smallest absolute Gasteiger partial charge is 0.312 e. The zero-order chi connectivity index (χ0) is 20.4. The standard InChI is InChI=1S/C23H20NO4P/c25-23(26)21(16-9-3-1-4-10-16)22(17-11-5-2-6-12-17)29(27,28)20-15-18-13-7-8-14-19(18)24-20/h1-15,21-22,24H,(H,25,26)(H,27,28). The van der Waals surface area contributed by atoms with Gasteiger partial charge in [-0.15, -0.1) is 0 Å². The lowest BCUT2D eigenvalue weighted by Crippen LogP contribution is -2.24. The number of carbonyl (C=O) groups is 1. The van der Waals surface area contributed by atoms with Crippen LogP contribution in [0.5, 0.6) is 0 Å². The van der Waals surface area contributed by atoms with Crippen molar-refractivity contribution in [2.75, 3.05) is 0 Å². The van der Waals surface area contributed by atoms with E-state index < -0.39 is 24.9 Å². The van der Waals surface area contributed by atoms with Crippen LogP contribution < -0.4 is 5.44 Å². The Bertz CT molecular complexity index is 1150. The number of para-hydroxylation sites is 1. The van der Waals surface area contributed by atoms with E-state index >= 15 is 0 Å². The summed E-state index contributed by atoms with van der Waals surface area (Å²) in [6.07, 6.45) is 0. The Morgan fingerprint density at radius 2 is 1.38 bits per heavy atom. The van der Waals surface area contributed by atoms with Gasteiger partial charge in [-0.25, -0.2) is 0 Å². The lowest BCUT2D eigenvalue weighted by Gasteiger charge is -2.28. The van der Waals surface area contributed by atoms with Gasteiger partial charge >= 0.3 is 5.97 Å². The van der Waals surface area contributed by atoms with E-state index in [9.17, 15) is 19.4 Å². The van der Waals surface area contributed by atoms with Gasteiger partial charge < -0.3 is 15.0 Å². The molecule has 4 aromatic rings. The van der Waals surface area contributed by atoms with Crippen molar-refractivity contribution in [3.05, 3.63) is 102 Å². The van der Waals surface area contributed by atoms with E-state index in [1.807, 2.05) is 24.3 Å². The Hall–Kier alpha value is -3.14. The normalized spacial score (nSPS) is 15.5. The topological polar surface area (TPSA) is 90.4 Å². The molecule has 1 aromatic heterocycles. The predicted octanol–water partition coefficient (Wildman–Crippen LogP) is 4.67. The van der Waals surface area contributed by atoms with Crippen molar-refractivity contribution < 1.29 is 19.4 Å². The van der Waals surface area contributed by atoms with Gasteiger partial charge in [0.25, 0.3) is 7.37 Å². The third-order valence-corrected chi connectivity index (χ3v) is 7.40. The number of H-pyrrole nitrogens is 1. The maximum atomic E-state index is 13.9. The molecule has 0 saturated carbocycles. The number of rotatable bonds is 6. The summed E-state index contributed by atoms with van der Waals surface area (Å²) in [6.45, 7) is 0. The summed E-state index contributed by atoms with van der Waals surface area (Å²) in [5.41, 5.74) is 0.731. The predicted molar refractivity (Wildman–Crippen MR) is 114 cm³/mol. The molecular formula is C23H20NO4P. The van der Waals surface area contributed by atoms with E-state index in [0.717, 1.165) is 10.9 Å². The third-order valence-electron chi connectivity index (χ3n) is 5.12. The number of hydrogen-bond donors (Lipinski definition) is 3. The first-order chi connectivity index (χ1) is 14.0. The number of fused-ring (bicyclic) bond motifs is 1. The van der Waals surface area contributed by atoms with Crippen LogP contribution in [0.4, 0.5) is 0 Å². The SMILES string of the molecule is O=C(O)C(c1ccccc1)C(c1ccccc1)P(=O)(O)c1cc2ccccc2[nH]1. The van der Waals surface area contributed by atoms with Crippen molar-refractivity contribution in [3.8, 4) is 0 Å². The van der Waals surface area contributed by atoms with Crippen LogP contribution in [0.15, 0.2) is 91.0 Å². The molecule has 0 radical (unpaired) electrons. The second-order valence-electron chi connectivity index (χ2n) is 6.95. The van der Waals surface area contributed by atoms with Gasteiger partial charge in [0.2, 0.25) is 0 Å². The first-order valence-electron chi connectivity index (χ1n) is 9.22. The van der Waals surface area contributed by atoms with Gasteiger partial charge in [-0.1, -0.05) is 78.9 Å². The summed E-state index contributed by atoms with van der Waals surface area (Å²) in [5.74, 6) is -2.32. The molecule has 5 nitrogen and oxygen atoms in total. The molecule has 3 unspecified atom stereocenters. The largest absolute Gasteiger partial charge is 0.481 e. The molecule has 0 amide bonds. The highest BCUT2D eigenvalue weighted by Crippen LogP contribution is 2.60. The Kier molecular flexibility index (Phi) is 5.10. The number of nitrogens with one attached hydrogen (secondary N) is 1. The number of aromatic nitrogens is 1. The van der Waals surface area contributed by atoms with Crippen molar-refractivity contribution >= 4 is 29.7 Å². The minimum atomic E-state index is -4.16. The van der Waals surface area contributed by atoms with E-state index in [-0.39, 0.29) is 5.44 Å². The van der Waals surface area contributed by atoms with Gasteiger partial charge in [-0.3, -0.25) is 9.36 Å². The quantitative estimate of drug-likeness (QED) is 0.407. The first-order valence-corrected chi connectivity index (χ1v) is 10.9. The summed E-state index contributed by atoms with van der Waals surface area (Å²) < 4.78 is 13.9. The molecule has 1 heterocycles. The van der Waals surface area contributed by atoms with Crippen LogP contribution in [-0.4, -0.2) is 21.0 Å². The number of aliphatic carboxylic acids is 1. The minimum Gasteiger partial charge on any atom is -0.481 e. The number of aromatic amines is 1. The highest BCUT2D eigenvalue weighted by molar-refractivity contribution is 7.66. The zero-order valence-corrected chi connectivity index (χ0v) is 16.4. The Morgan fingerprint density at radius 1 is 0.828 bits per heavy atom. The van der Waals surface area contributed by atoms with Crippen molar-refractivity contribution in [1.29, 1.82) is 0 Å². The van der Waals surface area contributed by atoms with Gasteiger partial charge in [0.1, 0.15) is 5.44 Å². The average Bonchev–Trinajstić information content (AvgIpc) is 3.18. The van der Waals surface area contributed by atoms with Gasteiger partial charge in [-0.2, -0.15) is 0 Å². The first kappa shape index (κ1) is 19.2. The molecule has 0 spiro atoms. The highest BCUT2D eigenvalue weighted by Gasteiger charge is 2.45.